The highest BCUT2D eigenvalue weighted by Gasteiger charge is 2.34. The van der Waals surface area contributed by atoms with E-state index in [-0.39, 0.29) is 30.6 Å². The molecule has 1 heterocycles. The summed E-state index contributed by atoms with van der Waals surface area (Å²) in [5.74, 6) is -0.381. The standard InChI is InChI=1S/C14H23NO4/c1-18-13(16)10-15(11-6-2-3-7-11)14(17)12-8-4-5-9-19-12/h11-12H,2-10H2,1H3. The van der Waals surface area contributed by atoms with Gasteiger partial charge in [0, 0.05) is 12.6 Å². The molecule has 1 unspecified atom stereocenters. The molecule has 1 saturated carbocycles. The largest absolute Gasteiger partial charge is 0.468 e. The van der Waals surface area contributed by atoms with Crippen LogP contribution < -0.4 is 0 Å². The molecule has 0 N–H and O–H groups in total. The zero-order chi connectivity index (χ0) is 13.7. The van der Waals surface area contributed by atoms with Gasteiger partial charge in [-0.3, -0.25) is 9.59 Å². The van der Waals surface area contributed by atoms with Gasteiger partial charge in [-0.1, -0.05) is 12.8 Å². The molecule has 2 fully saturated rings. The van der Waals surface area contributed by atoms with Crippen molar-refractivity contribution in [2.45, 2.75) is 57.1 Å². The number of rotatable bonds is 4. The summed E-state index contributed by atoms with van der Waals surface area (Å²) in [4.78, 5) is 25.7. The van der Waals surface area contributed by atoms with Crippen molar-refractivity contribution in [3.8, 4) is 0 Å². The Balaban J connectivity index is 2.01. The summed E-state index contributed by atoms with van der Waals surface area (Å²) >= 11 is 0. The lowest BCUT2D eigenvalue weighted by Gasteiger charge is -2.32. The maximum atomic E-state index is 12.5. The van der Waals surface area contributed by atoms with Crippen LogP contribution in [-0.2, 0) is 19.1 Å². The molecule has 0 spiro atoms. The van der Waals surface area contributed by atoms with E-state index in [1.165, 1.54) is 7.11 Å². The van der Waals surface area contributed by atoms with Crippen molar-refractivity contribution in [1.82, 2.24) is 4.90 Å². The second-order valence-corrected chi connectivity index (χ2v) is 5.34. The Kier molecular flexibility index (Phi) is 5.19. The van der Waals surface area contributed by atoms with Gasteiger partial charge in [-0.15, -0.1) is 0 Å². The predicted octanol–water partition coefficient (Wildman–Crippen LogP) is 1.50. The molecule has 0 aromatic carbocycles. The molecule has 1 aliphatic carbocycles. The van der Waals surface area contributed by atoms with Crippen molar-refractivity contribution >= 4 is 11.9 Å². The fraction of sp³-hybridized carbons (Fsp3) is 0.857. The first-order valence-corrected chi connectivity index (χ1v) is 7.21. The average molecular weight is 269 g/mol. The van der Waals surface area contributed by atoms with Crippen LogP contribution in [0.2, 0.25) is 0 Å². The Morgan fingerprint density at radius 2 is 1.84 bits per heavy atom. The minimum absolute atomic E-state index is 0.0306. The van der Waals surface area contributed by atoms with E-state index in [1.807, 2.05) is 0 Å². The fourth-order valence-corrected chi connectivity index (χ4v) is 2.93. The van der Waals surface area contributed by atoms with Gasteiger partial charge in [-0.05, 0) is 32.1 Å². The van der Waals surface area contributed by atoms with E-state index in [2.05, 4.69) is 0 Å². The van der Waals surface area contributed by atoms with Crippen molar-refractivity contribution in [2.75, 3.05) is 20.3 Å². The van der Waals surface area contributed by atoms with Crippen LogP contribution in [0.1, 0.15) is 44.9 Å². The summed E-state index contributed by atoms with van der Waals surface area (Å²) in [6, 6.07) is 0.178. The number of nitrogens with zero attached hydrogens (tertiary/aromatic N) is 1. The van der Waals surface area contributed by atoms with Crippen LogP contribution in [0.4, 0.5) is 0 Å². The Morgan fingerprint density at radius 1 is 1.16 bits per heavy atom. The summed E-state index contributed by atoms with van der Waals surface area (Å²) in [6.07, 6.45) is 6.66. The molecule has 5 nitrogen and oxygen atoms in total. The monoisotopic (exact) mass is 269 g/mol. The normalized spacial score (nSPS) is 24.2. The van der Waals surface area contributed by atoms with Crippen LogP contribution in [0.3, 0.4) is 0 Å². The second-order valence-electron chi connectivity index (χ2n) is 5.34. The number of ether oxygens (including phenoxy) is 2. The van der Waals surface area contributed by atoms with Crippen LogP contribution >= 0.6 is 0 Å². The topological polar surface area (TPSA) is 55.8 Å². The molecule has 108 valence electrons. The Hall–Kier alpha value is -1.10. The highest BCUT2D eigenvalue weighted by atomic mass is 16.5. The maximum Gasteiger partial charge on any atom is 0.325 e. The molecule has 1 atom stereocenters. The zero-order valence-corrected chi connectivity index (χ0v) is 11.6. The SMILES string of the molecule is COC(=O)CN(C(=O)C1CCCCO1)C1CCCC1. The summed E-state index contributed by atoms with van der Waals surface area (Å²) in [5.41, 5.74) is 0. The predicted molar refractivity (Wildman–Crippen MR) is 69.6 cm³/mol. The van der Waals surface area contributed by atoms with Gasteiger partial charge < -0.3 is 14.4 Å². The quantitative estimate of drug-likeness (QED) is 0.726. The number of methoxy groups -OCH3 is 1. The average Bonchev–Trinajstić information content (AvgIpc) is 2.98. The zero-order valence-electron chi connectivity index (χ0n) is 11.6. The van der Waals surface area contributed by atoms with Gasteiger partial charge >= 0.3 is 5.97 Å². The minimum Gasteiger partial charge on any atom is -0.468 e. The van der Waals surface area contributed by atoms with E-state index >= 15 is 0 Å². The molecule has 1 amide bonds. The van der Waals surface area contributed by atoms with Crippen molar-refractivity contribution in [3.05, 3.63) is 0 Å². The van der Waals surface area contributed by atoms with Gasteiger partial charge in [-0.2, -0.15) is 0 Å². The summed E-state index contributed by atoms with van der Waals surface area (Å²) in [5, 5.41) is 0. The molecule has 2 rings (SSSR count). The van der Waals surface area contributed by atoms with E-state index < -0.39 is 0 Å². The van der Waals surface area contributed by atoms with Gasteiger partial charge in [0.15, 0.2) is 0 Å². The van der Waals surface area contributed by atoms with Gasteiger partial charge in [0.25, 0.3) is 5.91 Å². The first kappa shape index (κ1) is 14.3. The Labute approximate surface area is 114 Å². The van der Waals surface area contributed by atoms with E-state index in [4.69, 9.17) is 9.47 Å². The first-order valence-electron chi connectivity index (χ1n) is 7.21. The molecule has 0 radical (unpaired) electrons. The molecule has 0 aromatic heterocycles. The number of hydrogen-bond donors (Lipinski definition) is 0. The molecule has 2 aliphatic rings. The molecule has 1 aliphatic heterocycles. The number of carbonyl (C=O) groups is 2. The minimum atomic E-state index is -0.362. The third-order valence-electron chi connectivity index (χ3n) is 4.03. The van der Waals surface area contributed by atoms with E-state index in [1.54, 1.807) is 4.90 Å². The third-order valence-corrected chi connectivity index (χ3v) is 4.03. The number of carbonyl (C=O) groups excluding carboxylic acids is 2. The molecule has 19 heavy (non-hydrogen) atoms. The first-order chi connectivity index (χ1) is 9.22. The second kappa shape index (κ2) is 6.89. The number of esters is 1. The van der Waals surface area contributed by atoms with E-state index in [0.717, 1.165) is 44.9 Å². The van der Waals surface area contributed by atoms with Crippen LogP contribution in [0.25, 0.3) is 0 Å². The highest BCUT2D eigenvalue weighted by molar-refractivity contribution is 5.85. The summed E-state index contributed by atoms with van der Waals surface area (Å²) in [6.45, 7) is 0.701. The van der Waals surface area contributed by atoms with Gasteiger partial charge in [0.1, 0.15) is 12.6 Å². The van der Waals surface area contributed by atoms with Gasteiger partial charge in [-0.25, -0.2) is 0 Å². The lowest BCUT2D eigenvalue weighted by Crippen LogP contribution is -2.48. The Bertz CT molecular complexity index is 319. The molecule has 0 aromatic rings. The number of amides is 1. The van der Waals surface area contributed by atoms with Crippen molar-refractivity contribution in [3.63, 3.8) is 0 Å². The lowest BCUT2D eigenvalue weighted by atomic mass is 10.1. The van der Waals surface area contributed by atoms with E-state index in [9.17, 15) is 9.59 Å². The van der Waals surface area contributed by atoms with E-state index in [0.29, 0.717) is 6.61 Å². The van der Waals surface area contributed by atoms with Crippen molar-refractivity contribution < 1.29 is 19.1 Å². The highest BCUT2D eigenvalue weighted by Crippen LogP contribution is 2.25. The van der Waals surface area contributed by atoms with Crippen LogP contribution in [0.15, 0.2) is 0 Å². The molecule has 1 saturated heterocycles. The molecule has 5 heteroatoms. The van der Waals surface area contributed by atoms with Gasteiger partial charge in [0.05, 0.1) is 7.11 Å². The molecular formula is C14H23NO4. The summed E-state index contributed by atoms with van der Waals surface area (Å²) < 4.78 is 10.3. The number of hydrogen-bond acceptors (Lipinski definition) is 4. The smallest absolute Gasteiger partial charge is 0.325 e. The van der Waals surface area contributed by atoms with Crippen LogP contribution in [0, 0.1) is 0 Å². The van der Waals surface area contributed by atoms with Gasteiger partial charge in [0.2, 0.25) is 0 Å². The van der Waals surface area contributed by atoms with Crippen molar-refractivity contribution in [2.24, 2.45) is 0 Å². The maximum absolute atomic E-state index is 12.5. The molecule has 0 bridgehead atoms. The van der Waals surface area contributed by atoms with Crippen LogP contribution in [-0.4, -0.2) is 49.2 Å². The molecular weight excluding hydrogens is 246 g/mol. The summed E-state index contributed by atoms with van der Waals surface area (Å²) in [7, 11) is 1.36. The van der Waals surface area contributed by atoms with Crippen LogP contribution in [0.5, 0.6) is 0 Å². The third kappa shape index (κ3) is 3.69. The fourth-order valence-electron chi connectivity index (χ4n) is 2.93. The Morgan fingerprint density at radius 3 is 2.42 bits per heavy atom. The lowest BCUT2D eigenvalue weighted by molar-refractivity contribution is -0.156. The van der Waals surface area contributed by atoms with Crippen molar-refractivity contribution in [1.29, 1.82) is 0 Å².